The molecule has 0 amide bonds. The van der Waals surface area contributed by atoms with E-state index in [2.05, 4.69) is 235 Å². The van der Waals surface area contributed by atoms with Gasteiger partial charge in [0.2, 0.25) is 0 Å². The normalized spacial score (nSPS) is 19.3. The van der Waals surface area contributed by atoms with E-state index in [-0.39, 0.29) is 17.8 Å². The molecule has 2 aromatic rings. The van der Waals surface area contributed by atoms with Crippen LogP contribution in [0.5, 0.6) is 0 Å². The molecule has 0 bridgehead atoms. The molecule has 2 aromatic carbocycles. The van der Waals surface area contributed by atoms with Crippen molar-refractivity contribution >= 4 is 0 Å². The molecule has 0 aromatic heterocycles. The lowest BCUT2D eigenvalue weighted by molar-refractivity contribution is -0.0698. The first-order valence-corrected chi connectivity index (χ1v) is 42.5. The summed E-state index contributed by atoms with van der Waals surface area (Å²) in [5.41, 5.74) is 5.22. The number of hydrogen-bond acceptors (Lipinski definition) is 10. The standard InChI is InChI=1S/C16H16O.C11H22O.C10H20O.C9H18O.C9H20O.C8H16O.2C8H18O.2C7H16O/c1-11(2)17-16-14-9-5-3-7-12(14)13-8-4-6-10-15(13)16;1-10(12-2)11-8-6-4-3-5-7-9-11;1-9(11-2)10-7-5-3-4-6-8-10;1-8(10-2)9-6-4-3-5-7-9;1-7(2)8(3)10-9(4,5)6;1-7(9-2)8-5-3-4-6-8;1-6(2)7(3)8(4)9-5;1-6(2)8(5)9-7(3)4;1-5-6(2)7(3)8-4;1-5-8-7(4)6(2)3/h3-11,16H,1-2H3;10-11H,3-9H2,1-2H3;9-10H,3-8H2,1-2H3;8-9H,3-7H2,1-2H3;7-8H,1-6H3;7-8H,3-6H2,1-2H3;2*6-8H,1-5H3;2*6-7H,5H2,1-4H3. The summed E-state index contributed by atoms with van der Waals surface area (Å²) in [6.45, 7) is 60.9. The Balaban J connectivity index is -0.00000109. The summed E-state index contributed by atoms with van der Waals surface area (Å²) < 4.78 is 54.1. The molecule has 612 valence electrons. The van der Waals surface area contributed by atoms with Gasteiger partial charge in [0, 0.05) is 49.3 Å². The van der Waals surface area contributed by atoms with Gasteiger partial charge in [0.05, 0.1) is 72.7 Å². The van der Waals surface area contributed by atoms with Gasteiger partial charge in [-0.3, -0.25) is 0 Å². The van der Waals surface area contributed by atoms with Gasteiger partial charge in [0.15, 0.2) is 0 Å². The van der Waals surface area contributed by atoms with Crippen LogP contribution in [0.4, 0.5) is 0 Å². The maximum atomic E-state index is 6.06. The molecule has 10 heteroatoms. The quantitative estimate of drug-likeness (QED) is 0.0946. The van der Waals surface area contributed by atoms with Gasteiger partial charge in [0.1, 0.15) is 6.10 Å². The minimum atomic E-state index is 0.00366. The topological polar surface area (TPSA) is 92.3 Å². The Hall–Kier alpha value is -1.96. The lowest BCUT2D eigenvalue weighted by atomic mass is 9.86. The molecular formula is C93H180O10. The van der Waals surface area contributed by atoms with Gasteiger partial charge in [-0.1, -0.05) is 221 Å². The molecule has 11 unspecified atom stereocenters. The van der Waals surface area contributed by atoms with E-state index in [4.69, 9.17) is 47.4 Å². The number of benzene rings is 2. The molecule has 5 aliphatic rings. The first kappa shape index (κ1) is 105. The van der Waals surface area contributed by atoms with Gasteiger partial charge in [-0.25, -0.2) is 0 Å². The summed E-state index contributed by atoms with van der Waals surface area (Å²) in [5.74, 6) is 7.34. The van der Waals surface area contributed by atoms with Gasteiger partial charge >= 0.3 is 0 Å². The zero-order valence-corrected chi connectivity index (χ0v) is 74.9. The van der Waals surface area contributed by atoms with Crippen LogP contribution in [-0.4, -0.2) is 122 Å². The average Bonchev–Trinajstić information content (AvgIpc) is 1.62. The van der Waals surface area contributed by atoms with Gasteiger partial charge < -0.3 is 47.4 Å². The van der Waals surface area contributed by atoms with Crippen LogP contribution in [0, 0.1) is 59.2 Å². The molecule has 5 aliphatic carbocycles. The van der Waals surface area contributed by atoms with Crippen molar-refractivity contribution < 1.29 is 47.4 Å². The number of methoxy groups -OCH3 is 6. The molecule has 0 spiro atoms. The summed E-state index contributed by atoms with van der Waals surface area (Å²) >= 11 is 0. The Morgan fingerprint density at radius 1 is 0.340 bits per heavy atom. The molecule has 0 N–H and O–H groups in total. The fourth-order valence-corrected chi connectivity index (χ4v) is 13.1. The maximum absolute atomic E-state index is 6.06. The van der Waals surface area contributed by atoms with Crippen LogP contribution in [0.2, 0.25) is 0 Å². The summed E-state index contributed by atoms with van der Waals surface area (Å²) in [6.07, 6.45) is 36.8. The van der Waals surface area contributed by atoms with Crippen molar-refractivity contribution in [2.75, 3.05) is 49.3 Å². The first-order valence-electron chi connectivity index (χ1n) is 42.5. The highest BCUT2D eigenvalue weighted by Crippen LogP contribution is 2.45. The molecular weight excluding hydrogens is 1280 g/mol. The largest absolute Gasteiger partial charge is 0.381 e. The van der Waals surface area contributed by atoms with Gasteiger partial charge in [-0.2, -0.15) is 0 Å². The summed E-state index contributed by atoms with van der Waals surface area (Å²) in [7, 11) is 10.8. The van der Waals surface area contributed by atoms with E-state index < -0.39 is 0 Å². The number of ether oxygens (including phenoxy) is 10. The van der Waals surface area contributed by atoms with Crippen LogP contribution in [-0.2, 0) is 47.4 Å². The molecule has 10 nitrogen and oxygen atoms in total. The Morgan fingerprint density at radius 3 is 0.845 bits per heavy atom. The smallest absolute Gasteiger partial charge is 0.109 e. The summed E-state index contributed by atoms with van der Waals surface area (Å²) in [5, 5.41) is 0. The van der Waals surface area contributed by atoms with E-state index in [0.29, 0.717) is 90.6 Å². The monoisotopic (exact) mass is 1460 g/mol. The van der Waals surface area contributed by atoms with E-state index in [1.807, 2.05) is 35.4 Å². The third kappa shape index (κ3) is 52.0. The van der Waals surface area contributed by atoms with Crippen molar-refractivity contribution in [2.24, 2.45) is 59.2 Å². The fraction of sp³-hybridized carbons (Fsp3) is 0.871. The summed E-state index contributed by atoms with van der Waals surface area (Å²) in [4.78, 5) is 0. The van der Waals surface area contributed by atoms with Crippen molar-refractivity contribution in [2.45, 2.75) is 420 Å². The van der Waals surface area contributed by atoms with Gasteiger partial charge in [0.25, 0.3) is 0 Å². The number of hydrogen-bond donors (Lipinski definition) is 0. The van der Waals surface area contributed by atoms with E-state index in [9.17, 15) is 0 Å². The van der Waals surface area contributed by atoms with Crippen molar-refractivity contribution in [3.8, 4) is 11.1 Å². The minimum Gasteiger partial charge on any atom is -0.381 e. The second-order valence-electron chi connectivity index (χ2n) is 33.9. The Labute approximate surface area is 643 Å². The van der Waals surface area contributed by atoms with Crippen LogP contribution < -0.4 is 0 Å². The molecule has 103 heavy (non-hydrogen) atoms. The molecule has 0 saturated heterocycles. The van der Waals surface area contributed by atoms with Crippen LogP contribution in [0.1, 0.15) is 359 Å². The minimum absolute atomic E-state index is 0.00366. The Kier molecular flexibility index (Phi) is 65.1. The maximum Gasteiger partial charge on any atom is 0.109 e. The van der Waals surface area contributed by atoms with E-state index >= 15 is 0 Å². The molecule has 4 saturated carbocycles. The molecule has 0 aliphatic heterocycles. The molecule has 4 fully saturated rings. The predicted octanol–water partition coefficient (Wildman–Crippen LogP) is 27.1. The van der Waals surface area contributed by atoms with E-state index in [1.165, 1.54) is 170 Å². The third-order valence-corrected chi connectivity index (χ3v) is 22.7. The molecule has 11 atom stereocenters. The van der Waals surface area contributed by atoms with Crippen molar-refractivity contribution in [3.63, 3.8) is 0 Å². The predicted molar refractivity (Wildman–Crippen MR) is 449 cm³/mol. The Bertz CT molecular complexity index is 2060. The highest BCUT2D eigenvalue weighted by molar-refractivity contribution is 5.78. The van der Waals surface area contributed by atoms with Gasteiger partial charge in [-0.05, 0) is 251 Å². The van der Waals surface area contributed by atoms with Crippen LogP contribution in [0.25, 0.3) is 11.1 Å². The zero-order chi connectivity index (χ0) is 79.2. The van der Waals surface area contributed by atoms with E-state index in [1.54, 1.807) is 14.2 Å². The summed E-state index contributed by atoms with van der Waals surface area (Å²) in [6, 6.07) is 17.0. The second-order valence-corrected chi connectivity index (χ2v) is 33.9. The first-order chi connectivity index (χ1) is 48.5. The molecule has 7 rings (SSSR count). The molecule has 0 heterocycles. The van der Waals surface area contributed by atoms with Crippen LogP contribution in [0.15, 0.2) is 48.5 Å². The molecule has 0 radical (unpaired) electrons. The third-order valence-electron chi connectivity index (χ3n) is 22.7. The lowest BCUT2D eigenvalue weighted by Gasteiger charge is -2.27. The Morgan fingerprint density at radius 2 is 0.641 bits per heavy atom. The van der Waals surface area contributed by atoms with Crippen molar-refractivity contribution in [3.05, 3.63) is 59.7 Å². The highest BCUT2D eigenvalue weighted by atomic mass is 16.5. The second kappa shape index (κ2) is 63.8. The average molecular weight is 1460 g/mol. The van der Waals surface area contributed by atoms with Crippen molar-refractivity contribution in [1.29, 1.82) is 0 Å². The number of rotatable bonds is 24. The lowest BCUT2D eigenvalue weighted by Crippen LogP contribution is -2.28. The fourth-order valence-electron chi connectivity index (χ4n) is 13.1. The van der Waals surface area contributed by atoms with Crippen molar-refractivity contribution in [1.82, 2.24) is 0 Å². The van der Waals surface area contributed by atoms with E-state index in [0.717, 1.165) is 36.2 Å². The van der Waals surface area contributed by atoms with Crippen LogP contribution in [0.3, 0.4) is 0 Å². The zero-order valence-electron chi connectivity index (χ0n) is 74.9. The van der Waals surface area contributed by atoms with Crippen LogP contribution >= 0.6 is 0 Å². The number of fused-ring (bicyclic) bond motifs is 3. The van der Waals surface area contributed by atoms with Gasteiger partial charge in [-0.15, -0.1) is 0 Å². The SMILES string of the molecule is CC(C)C(C)OC(C)(C)C.CC(C)OC(C)C(C)C.CC(C)OC1c2ccccc2-c2ccccc21.CCC(C)C(C)OC.CCOC(C)C(C)C.COC(C)C(C)C(C)C.COC(C)C1CCCC1.COC(C)C1CCCCC1.COC(C)C1CCCCCC1.COC(C)C1CCCCCCC1. The highest BCUT2D eigenvalue weighted by Gasteiger charge is 2.30.